The molecular formula is C18H22N4O4. The number of fused-ring (bicyclic) bond motifs is 2. The fourth-order valence-corrected chi connectivity index (χ4v) is 3.40. The molecule has 1 aromatic heterocycles. The highest BCUT2D eigenvalue weighted by molar-refractivity contribution is 5.78. The van der Waals surface area contributed by atoms with Crippen LogP contribution in [0.15, 0.2) is 23.0 Å². The maximum absolute atomic E-state index is 12.5. The number of benzene rings is 1. The Morgan fingerprint density at radius 3 is 2.96 bits per heavy atom. The fourth-order valence-electron chi connectivity index (χ4n) is 3.40. The Hall–Kier alpha value is -2.77. The number of ether oxygens (including phenoxy) is 2. The van der Waals surface area contributed by atoms with E-state index in [9.17, 15) is 9.59 Å². The van der Waals surface area contributed by atoms with Crippen molar-refractivity contribution < 1.29 is 14.3 Å². The average Bonchev–Trinajstić information content (AvgIpc) is 2.82. The molecule has 0 radical (unpaired) electrons. The molecule has 1 atom stereocenters. The van der Waals surface area contributed by atoms with E-state index in [0.717, 1.165) is 29.3 Å². The molecule has 0 fully saturated rings. The molecule has 0 saturated carbocycles. The first-order chi connectivity index (χ1) is 12.6. The lowest BCUT2D eigenvalue weighted by Crippen LogP contribution is -2.38. The summed E-state index contributed by atoms with van der Waals surface area (Å²) in [5.74, 6) is 1.96. The van der Waals surface area contributed by atoms with Gasteiger partial charge in [0.25, 0.3) is 0 Å². The van der Waals surface area contributed by atoms with Crippen LogP contribution in [0.5, 0.6) is 11.5 Å². The zero-order valence-corrected chi connectivity index (χ0v) is 14.7. The minimum Gasteiger partial charge on any atom is -0.490 e. The molecular weight excluding hydrogens is 336 g/mol. The summed E-state index contributed by atoms with van der Waals surface area (Å²) in [4.78, 5) is 24.6. The molecule has 1 amide bonds. The predicted octanol–water partition coefficient (Wildman–Crippen LogP) is 0.622. The van der Waals surface area contributed by atoms with Crippen molar-refractivity contribution in [2.75, 3.05) is 13.2 Å². The van der Waals surface area contributed by atoms with Crippen LogP contribution in [-0.4, -0.2) is 33.5 Å². The van der Waals surface area contributed by atoms with Gasteiger partial charge in [0.1, 0.15) is 5.82 Å². The number of amides is 1. The second kappa shape index (κ2) is 6.86. The van der Waals surface area contributed by atoms with Gasteiger partial charge in [-0.2, -0.15) is 5.10 Å². The van der Waals surface area contributed by atoms with Gasteiger partial charge in [0.15, 0.2) is 11.5 Å². The number of hydrogen-bond donors (Lipinski definition) is 1. The van der Waals surface area contributed by atoms with Crippen LogP contribution >= 0.6 is 0 Å². The van der Waals surface area contributed by atoms with Crippen LogP contribution < -0.4 is 20.5 Å². The highest BCUT2D eigenvalue weighted by Gasteiger charge is 2.27. The Kier molecular flexibility index (Phi) is 4.40. The lowest BCUT2D eigenvalue weighted by Gasteiger charge is -2.21. The Morgan fingerprint density at radius 1 is 1.31 bits per heavy atom. The number of carbonyl (C=O) groups excluding carboxylic acids is 1. The third-order valence-electron chi connectivity index (χ3n) is 4.85. The van der Waals surface area contributed by atoms with Gasteiger partial charge in [-0.25, -0.2) is 9.48 Å². The molecule has 26 heavy (non-hydrogen) atoms. The number of rotatable bonds is 3. The zero-order chi connectivity index (χ0) is 18.1. The van der Waals surface area contributed by atoms with Crippen LogP contribution in [0.2, 0.25) is 0 Å². The first-order valence-electron chi connectivity index (χ1n) is 8.91. The number of nitrogens with zero attached hydrogens (tertiary/aromatic N) is 3. The molecule has 138 valence electrons. The quantitative estimate of drug-likeness (QED) is 0.869. The molecule has 3 heterocycles. The summed E-state index contributed by atoms with van der Waals surface area (Å²) < 4.78 is 14.2. The summed E-state index contributed by atoms with van der Waals surface area (Å²) in [6.45, 7) is 2.09. The van der Waals surface area contributed by atoms with E-state index in [0.29, 0.717) is 39.1 Å². The van der Waals surface area contributed by atoms with Crippen LogP contribution in [-0.2, 0) is 31.4 Å². The molecule has 1 aromatic carbocycles. The minimum absolute atomic E-state index is 0.0430. The van der Waals surface area contributed by atoms with E-state index in [4.69, 9.17) is 9.47 Å². The third kappa shape index (κ3) is 3.18. The van der Waals surface area contributed by atoms with Gasteiger partial charge in [-0.05, 0) is 24.1 Å². The number of aryl methyl sites for hydroxylation is 2. The van der Waals surface area contributed by atoms with Gasteiger partial charge >= 0.3 is 5.69 Å². The maximum atomic E-state index is 12.5. The molecule has 2 aromatic rings. The van der Waals surface area contributed by atoms with Crippen molar-refractivity contribution in [2.24, 2.45) is 13.0 Å². The first-order valence-corrected chi connectivity index (χ1v) is 8.91. The van der Waals surface area contributed by atoms with Crippen molar-refractivity contribution in [1.82, 2.24) is 19.7 Å². The molecule has 2 aliphatic rings. The van der Waals surface area contributed by atoms with E-state index in [1.54, 1.807) is 11.6 Å². The average molecular weight is 358 g/mol. The molecule has 1 N–H and O–H groups in total. The first kappa shape index (κ1) is 16.7. The van der Waals surface area contributed by atoms with E-state index in [-0.39, 0.29) is 17.5 Å². The Labute approximate surface area is 150 Å². The molecule has 4 rings (SSSR count). The van der Waals surface area contributed by atoms with Crippen molar-refractivity contribution in [3.8, 4) is 11.5 Å². The van der Waals surface area contributed by atoms with Crippen molar-refractivity contribution in [3.63, 3.8) is 0 Å². The monoisotopic (exact) mass is 358 g/mol. The number of carbonyl (C=O) groups is 1. The lowest BCUT2D eigenvalue weighted by atomic mass is 9.98. The van der Waals surface area contributed by atoms with Gasteiger partial charge in [-0.15, -0.1) is 0 Å². The summed E-state index contributed by atoms with van der Waals surface area (Å²) in [7, 11) is 1.63. The molecule has 2 aliphatic heterocycles. The summed E-state index contributed by atoms with van der Waals surface area (Å²) in [6.07, 6.45) is 2.19. The molecule has 8 nitrogen and oxygen atoms in total. The standard InChI is InChI=1S/C18H22N4O4/c1-21-18(24)22-11-13(4-6-16(22)20-21)17(23)19-10-12-3-5-14-15(9-12)26-8-2-7-25-14/h3,5,9,13H,2,4,6-8,10-11H2,1H3,(H,19,23)/t13-/m1/s1. The smallest absolute Gasteiger partial charge is 0.345 e. The van der Waals surface area contributed by atoms with Gasteiger partial charge in [-0.3, -0.25) is 9.36 Å². The zero-order valence-electron chi connectivity index (χ0n) is 14.7. The minimum atomic E-state index is -0.218. The van der Waals surface area contributed by atoms with Gasteiger partial charge in [-0.1, -0.05) is 6.07 Å². The van der Waals surface area contributed by atoms with Gasteiger partial charge < -0.3 is 14.8 Å². The van der Waals surface area contributed by atoms with Gasteiger partial charge in [0.05, 0.1) is 19.1 Å². The highest BCUT2D eigenvalue weighted by atomic mass is 16.5. The van der Waals surface area contributed by atoms with Crippen LogP contribution in [0.3, 0.4) is 0 Å². The molecule has 0 saturated heterocycles. The van der Waals surface area contributed by atoms with E-state index in [2.05, 4.69) is 10.4 Å². The predicted molar refractivity (Wildman–Crippen MR) is 93.2 cm³/mol. The maximum Gasteiger partial charge on any atom is 0.345 e. The summed E-state index contributed by atoms with van der Waals surface area (Å²) in [5.41, 5.74) is 0.790. The van der Waals surface area contributed by atoms with Crippen molar-refractivity contribution in [2.45, 2.75) is 32.4 Å². The summed E-state index contributed by atoms with van der Waals surface area (Å²) in [5, 5.41) is 7.17. The molecule has 0 bridgehead atoms. The SMILES string of the molecule is Cn1nc2n(c1=O)C[C@H](C(=O)NCc1ccc3c(c1)OCCCO3)CC2. The third-order valence-corrected chi connectivity index (χ3v) is 4.85. The van der Waals surface area contributed by atoms with E-state index in [1.807, 2.05) is 18.2 Å². The Morgan fingerprint density at radius 2 is 2.12 bits per heavy atom. The number of nitrogens with one attached hydrogen (secondary N) is 1. The van der Waals surface area contributed by atoms with E-state index in [1.165, 1.54) is 4.68 Å². The van der Waals surface area contributed by atoms with Crippen molar-refractivity contribution >= 4 is 5.91 Å². The van der Waals surface area contributed by atoms with Crippen LogP contribution in [0.25, 0.3) is 0 Å². The summed E-state index contributed by atoms with van der Waals surface area (Å²) in [6, 6.07) is 5.72. The lowest BCUT2D eigenvalue weighted by molar-refractivity contribution is -0.126. The Bertz CT molecular complexity index is 886. The van der Waals surface area contributed by atoms with Gasteiger partial charge in [0, 0.05) is 33.0 Å². The van der Waals surface area contributed by atoms with Crippen molar-refractivity contribution in [1.29, 1.82) is 0 Å². The van der Waals surface area contributed by atoms with Crippen molar-refractivity contribution in [3.05, 3.63) is 40.1 Å². The topological polar surface area (TPSA) is 87.4 Å². The van der Waals surface area contributed by atoms with E-state index >= 15 is 0 Å². The largest absolute Gasteiger partial charge is 0.490 e. The Balaban J connectivity index is 1.39. The second-order valence-corrected chi connectivity index (χ2v) is 6.72. The molecule has 0 unspecified atom stereocenters. The molecule has 0 spiro atoms. The van der Waals surface area contributed by atoms with Gasteiger partial charge in [0.2, 0.25) is 5.91 Å². The number of aromatic nitrogens is 3. The normalized spacial score (nSPS) is 18.7. The number of hydrogen-bond acceptors (Lipinski definition) is 5. The van der Waals surface area contributed by atoms with Crippen LogP contribution in [0, 0.1) is 5.92 Å². The van der Waals surface area contributed by atoms with Crippen LogP contribution in [0.1, 0.15) is 24.2 Å². The summed E-state index contributed by atoms with van der Waals surface area (Å²) >= 11 is 0. The second-order valence-electron chi connectivity index (χ2n) is 6.72. The van der Waals surface area contributed by atoms with Crippen LogP contribution in [0.4, 0.5) is 0 Å². The molecule has 0 aliphatic carbocycles. The highest BCUT2D eigenvalue weighted by Crippen LogP contribution is 2.30. The molecule has 8 heteroatoms. The van der Waals surface area contributed by atoms with E-state index < -0.39 is 0 Å². The fraction of sp³-hybridized carbons (Fsp3) is 0.500.